The number of anilines is 2. The van der Waals surface area contributed by atoms with Crippen LogP contribution in [0.25, 0.3) is 0 Å². The van der Waals surface area contributed by atoms with E-state index in [1.807, 2.05) is 0 Å². The predicted molar refractivity (Wildman–Crippen MR) is 71.6 cm³/mol. The van der Waals surface area contributed by atoms with Crippen LogP contribution < -0.4 is 15.8 Å². The third-order valence-electron chi connectivity index (χ3n) is 2.51. The lowest BCUT2D eigenvalue weighted by Crippen LogP contribution is -2.09. The van der Waals surface area contributed by atoms with Crippen molar-refractivity contribution in [1.82, 2.24) is 4.98 Å². The largest absolute Gasteiger partial charge is 0.481 e. The monoisotopic (exact) mass is 249 g/mol. The number of pyridine rings is 1. The molecule has 4 nitrogen and oxygen atoms in total. The number of nitrogens with two attached hydrogens (primary N) is 1. The molecule has 17 heavy (non-hydrogen) atoms. The molecule has 0 spiro atoms. The number of ether oxygens (including phenoxy) is 1. The van der Waals surface area contributed by atoms with Crippen molar-refractivity contribution in [2.75, 3.05) is 18.2 Å². The third kappa shape index (κ3) is 2.68. The summed E-state index contributed by atoms with van der Waals surface area (Å²) in [6.45, 7) is 2.07. The van der Waals surface area contributed by atoms with E-state index in [0.717, 1.165) is 0 Å². The first kappa shape index (κ1) is 11.7. The maximum atomic E-state index is 5.87. The van der Waals surface area contributed by atoms with Crippen LogP contribution in [0.4, 0.5) is 11.5 Å². The van der Waals surface area contributed by atoms with Gasteiger partial charge in [0.1, 0.15) is 0 Å². The molecule has 0 aliphatic carbocycles. The predicted octanol–water partition coefficient (Wildman–Crippen LogP) is 2.91. The molecule has 1 unspecified atom stereocenters. The van der Waals surface area contributed by atoms with Gasteiger partial charge in [-0.3, -0.25) is 0 Å². The average molecular weight is 249 g/mol. The Bertz CT molecular complexity index is 485. The summed E-state index contributed by atoms with van der Waals surface area (Å²) in [5.41, 5.74) is 7.71. The molecule has 0 saturated heterocycles. The molecule has 0 aliphatic rings. The fourth-order valence-electron chi connectivity index (χ4n) is 1.49. The fourth-order valence-corrected chi connectivity index (χ4v) is 2.25. The van der Waals surface area contributed by atoms with Gasteiger partial charge >= 0.3 is 0 Å². The van der Waals surface area contributed by atoms with Gasteiger partial charge in [-0.2, -0.15) is 16.3 Å². The highest BCUT2D eigenvalue weighted by molar-refractivity contribution is 7.07. The van der Waals surface area contributed by atoms with Gasteiger partial charge in [0.05, 0.1) is 18.8 Å². The van der Waals surface area contributed by atoms with E-state index >= 15 is 0 Å². The minimum absolute atomic E-state index is 0.170. The summed E-state index contributed by atoms with van der Waals surface area (Å²) >= 11 is 1.67. The van der Waals surface area contributed by atoms with Gasteiger partial charge in [0.15, 0.2) is 5.82 Å². The van der Waals surface area contributed by atoms with Crippen molar-refractivity contribution in [3.05, 3.63) is 34.5 Å². The van der Waals surface area contributed by atoms with E-state index in [1.165, 1.54) is 5.56 Å². The highest BCUT2D eigenvalue weighted by Crippen LogP contribution is 2.25. The van der Waals surface area contributed by atoms with E-state index in [9.17, 15) is 0 Å². The molecule has 2 rings (SSSR count). The van der Waals surface area contributed by atoms with Crippen molar-refractivity contribution >= 4 is 22.8 Å². The second-order valence-electron chi connectivity index (χ2n) is 3.71. The van der Waals surface area contributed by atoms with E-state index in [1.54, 1.807) is 30.6 Å². The van der Waals surface area contributed by atoms with Crippen LogP contribution in [0, 0.1) is 0 Å². The molecule has 0 aliphatic heterocycles. The maximum absolute atomic E-state index is 5.87. The van der Waals surface area contributed by atoms with Gasteiger partial charge in [0.2, 0.25) is 5.88 Å². The number of methoxy groups -OCH3 is 1. The van der Waals surface area contributed by atoms with Crippen molar-refractivity contribution in [3.63, 3.8) is 0 Å². The zero-order valence-corrected chi connectivity index (χ0v) is 10.6. The van der Waals surface area contributed by atoms with E-state index in [2.05, 4.69) is 34.1 Å². The number of rotatable bonds is 4. The summed E-state index contributed by atoms with van der Waals surface area (Å²) in [5, 5.41) is 7.43. The van der Waals surface area contributed by atoms with Gasteiger partial charge in [-0.05, 0) is 35.4 Å². The molecule has 5 heteroatoms. The van der Waals surface area contributed by atoms with E-state index in [0.29, 0.717) is 17.4 Å². The zero-order chi connectivity index (χ0) is 12.3. The lowest BCUT2D eigenvalue weighted by Gasteiger charge is -2.15. The fraction of sp³-hybridized carbons (Fsp3) is 0.250. The van der Waals surface area contributed by atoms with Crippen molar-refractivity contribution in [2.45, 2.75) is 13.0 Å². The van der Waals surface area contributed by atoms with Crippen LogP contribution in [-0.4, -0.2) is 12.1 Å². The van der Waals surface area contributed by atoms with Crippen LogP contribution in [0.1, 0.15) is 18.5 Å². The molecule has 3 N–H and O–H groups in total. The molecule has 0 amide bonds. The lowest BCUT2D eigenvalue weighted by molar-refractivity contribution is 0.398. The summed E-state index contributed by atoms with van der Waals surface area (Å²) in [5.74, 6) is 1.21. The summed E-state index contributed by atoms with van der Waals surface area (Å²) in [6.07, 6.45) is 0. The van der Waals surface area contributed by atoms with Gasteiger partial charge < -0.3 is 15.8 Å². The summed E-state index contributed by atoms with van der Waals surface area (Å²) < 4.78 is 5.08. The standard InChI is InChI=1S/C12H15N3OS/c1-8(9-5-6-17-7-9)14-12-10(13)3-4-11(15-12)16-2/h3-8H,13H2,1-2H3,(H,14,15). The number of nitrogen functional groups attached to an aromatic ring is 1. The van der Waals surface area contributed by atoms with Crippen molar-refractivity contribution in [2.24, 2.45) is 0 Å². The minimum Gasteiger partial charge on any atom is -0.481 e. The second-order valence-corrected chi connectivity index (χ2v) is 4.49. The molecule has 0 bridgehead atoms. The topological polar surface area (TPSA) is 60.2 Å². The number of hydrogen-bond donors (Lipinski definition) is 2. The Morgan fingerprint density at radius 3 is 2.88 bits per heavy atom. The van der Waals surface area contributed by atoms with Gasteiger partial charge in [0.25, 0.3) is 0 Å². The van der Waals surface area contributed by atoms with Crippen LogP contribution in [-0.2, 0) is 0 Å². The van der Waals surface area contributed by atoms with Gasteiger partial charge in [-0.25, -0.2) is 0 Å². The summed E-state index contributed by atoms with van der Waals surface area (Å²) in [6, 6.07) is 5.78. The summed E-state index contributed by atoms with van der Waals surface area (Å²) in [4.78, 5) is 4.29. The van der Waals surface area contributed by atoms with E-state index in [4.69, 9.17) is 10.5 Å². The van der Waals surface area contributed by atoms with E-state index in [-0.39, 0.29) is 6.04 Å². The zero-order valence-electron chi connectivity index (χ0n) is 9.81. The lowest BCUT2D eigenvalue weighted by atomic mass is 10.2. The van der Waals surface area contributed by atoms with Crippen LogP contribution in [0.5, 0.6) is 5.88 Å². The molecule has 2 aromatic rings. The average Bonchev–Trinajstić information content (AvgIpc) is 2.85. The van der Waals surface area contributed by atoms with Crippen LogP contribution in [0.15, 0.2) is 29.0 Å². The Kier molecular flexibility index (Phi) is 3.49. The number of thiophene rings is 1. The van der Waals surface area contributed by atoms with Crippen molar-refractivity contribution in [1.29, 1.82) is 0 Å². The molecule has 0 aromatic carbocycles. The van der Waals surface area contributed by atoms with Crippen LogP contribution in [0.3, 0.4) is 0 Å². The Labute approximate surface area is 104 Å². The Balaban J connectivity index is 2.18. The summed E-state index contributed by atoms with van der Waals surface area (Å²) in [7, 11) is 1.59. The number of aromatic nitrogens is 1. The number of hydrogen-bond acceptors (Lipinski definition) is 5. The highest BCUT2D eigenvalue weighted by atomic mass is 32.1. The SMILES string of the molecule is COc1ccc(N)c(NC(C)c2ccsc2)n1. The first-order valence-corrected chi connectivity index (χ1v) is 6.24. The Morgan fingerprint density at radius 2 is 2.24 bits per heavy atom. The first-order valence-electron chi connectivity index (χ1n) is 5.30. The second kappa shape index (κ2) is 5.05. The van der Waals surface area contributed by atoms with Crippen molar-refractivity contribution < 1.29 is 4.74 Å². The Hall–Kier alpha value is -1.75. The molecule has 0 radical (unpaired) electrons. The number of nitrogens with one attached hydrogen (secondary N) is 1. The normalized spacial score (nSPS) is 12.1. The molecule has 0 saturated carbocycles. The quantitative estimate of drug-likeness (QED) is 0.874. The van der Waals surface area contributed by atoms with Crippen LogP contribution in [0.2, 0.25) is 0 Å². The maximum Gasteiger partial charge on any atom is 0.215 e. The number of nitrogens with zero attached hydrogens (tertiary/aromatic N) is 1. The molecule has 2 aromatic heterocycles. The molecule has 90 valence electrons. The molecule has 2 heterocycles. The molecular formula is C12H15N3OS. The first-order chi connectivity index (χ1) is 8.20. The van der Waals surface area contributed by atoms with Crippen molar-refractivity contribution in [3.8, 4) is 5.88 Å². The highest BCUT2D eigenvalue weighted by Gasteiger charge is 2.09. The molecule has 1 atom stereocenters. The third-order valence-corrected chi connectivity index (χ3v) is 3.21. The van der Waals surface area contributed by atoms with Gasteiger partial charge in [-0.1, -0.05) is 0 Å². The Morgan fingerprint density at radius 1 is 1.41 bits per heavy atom. The smallest absolute Gasteiger partial charge is 0.215 e. The molecular weight excluding hydrogens is 234 g/mol. The van der Waals surface area contributed by atoms with E-state index < -0.39 is 0 Å². The minimum atomic E-state index is 0.170. The van der Waals surface area contributed by atoms with Gasteiger partial charge in [-0.15, -0.1) is 0 Å². The van der Waals surface area contributed by atoms with Crippen LogP contribution >= 0.6 is 11.3 Å². The molecule has 0 fully saturated rings. The van der Waals surface area contributed by atoms with Gasteiger partial charge in [0, 0.05) is 6.07 Å².